The van der Waals surface area contributed by atoms with E-state index in [2.05, 4.69) is 25.6 Å². The van der Waals surface area contributed by atoms with Crippen molar-refractivity contribution in [2.75, 3.05) is 28.2 Å². The molecule has 1 aromatic carbocycles. The minimum atomic E-state index is -4.71. The van der Waals surface area contributed by atoms with Gasteiger partial charge in [-0.15, -0.1) is 12.4 Å². The molecule has 0 bridgehead atoms. The van der Waals surface area contributed by atoms with Gasteiger partial charge in [-0.25, -0.2) is 18.4 Å². The van der Waals surface area contributed by atoms with E-state index >= 15 is 0 Å². The molecule has 0 aliphatic heterocycles. The van der Waals surface area contributed by atoms with Crippen molar-refractivity contribution >= 4 is 45.7 Å². The Bertz CT molecular complexity index is 1260. The zero-order valence-corrected chi connectivity index (χ0v) is 20.7. The molecule has 3 aromatic rings. The van der Waals surface area contributed by atoms with Crippen molar-refractivity contribution in [2.45, 2.75) is 25.7 Å². The molecular weight excluding hydrogens is 507 g/mol. The number of hydrogen-bond acceptors (Lipinski definition) is 8. The average molecular weight is 532 g/mol. The summed E-state index contributed by atoms with van der Waals surface area (Å²) in [6, 6.07) is 9.97. The summed E-state index contributed by atoms with van der Waals surface area (Å²) in [5, 5.41) is 5.51. The molecular formula is C21H25ClF3N7O2S. The van der Waals surface area contributed by atoms with Crippen molar-refractivity contribution in [1.82, 2.24) is 15.0 Å². The fourth-order valence-corrected chi connectivity index (χ4v) is 3.45. The van der Waals surface area contributed by atoms with Gasteiger partial charge in [-0.3, -0.25) is 4.31 Å². The van der Waals surface area contributed by atoms with E-state index in [1.165, 1.54) is 13.2 Å². The van der Waals surface area contributed by atoms with Gasteiger partial charge in [0.2, 0.25) is 16.0 Å². The minimum Gasteiger partial charge on any atom is -0.365 e. The molecule has 0 aliphatic carbocycles. The number of nitrogens with zero attached hydrogens (tertiary/aromatic N) is 4. The maximum atomic E-state index is 13.6. The van der Waals surface area contributed by atoms with Crippen LogP contribution in [0.15, 0.2) is 48.8 Å². The number of sulfonamides is 1. The van der Waals surface area contributed by atoms with Crippen molar-refractivity contribution in [2.24, 2.45) is 5.73 Å². The number of pyridine rings is 1. The van der Waals surface area contributed by atoms with Crippen molar-refractivity contribution in [3.05, 3.63) is 65.5 Å². The molecule has 3 rings (SSSR count). The molecule has 0 fully saturated rings. The molecule has 0 unspecified atom stereocenters. The van der Waals surface area contributed by atoms with Crippen molar-refractivity contribution in [3.63, 3.8) is 0 Å². The highest BCUT2D eigenvalue weighted by molar-refractivity contribution is 7.92. The highest BCUT2D eigenvalue weighted by Crippen LogP contribution is 2.34. The van der Waals surface area contributed by atoms with Crippen molar-refractivity contribution in [1.29, 1.82) is 0 Å². The van der Waals surface area contributed by atoms with Crippen LogP contribution < -0.4 is 20.7 Å². The van der Waals surface area contributed by atoms with Crippen molar-refractivity contribution in [3.8, 4) is 0 Å². The summed E-state index contributed by atoms with van der Waals surface area (Å²) in [7, 11) is -2.31. The lowest BCUT2D eigenvalue weighted by atomic mass is 10.1. The molecule has 0 spiro atoms. The topological polar surface area (TPSA) is 126 Å². The predicted octanol–water partition coefficient (Wildman–Crippen LogP) is 4.08. The van der Waals surface area contributed by atoms with E-state index in [1.807, 2.05) is 6.92 Å². The summed E-state index contributed by atoms with van der Waals surface area (Å²) in [6.07, 6.45) is -1.63. The number of alkyl halides is 3. The second kappa shape index (κ2) is 11.1. The Morgan fingerprint density at radius 2 is 1.80 bits per heavy atom. The lowest BCUT2D eigenvalue weighted by Gasteiger charge is -2.20. The van der Waals surface area contributed by atoms with Gasteiger partial charge in [-0.1, -0.05) is 18.2 Å². The molecule has 4 N–H and O–H groups in total. The van der Waals surface area contributed by atoms with E-state index in [9.17, 15) is 21.6 Å². The summed E-state index contributed by atoms with van der Waals surface area (Å²) in [4.78, 5) is 11.8. The largest absolute Gasteiger partial charge is 0.421 e. The quantitative estimate of drug-likeness (QED) is 0.397. The molecule has 35 heavy (non-hydrogen) atoms. The second-order valence-electron chi connectivity index (χ2n) is 7.56. The van der Waals surface area contributed by atoms with Gasteiger partial charge in [0.15, 0.2) is 0 Å². The summed E-state index contributed by atoms with van der Waals surface area (Å²) in [6.45, 7) is 1.67. The van der Waals surface area contributed by atoms with Crippen LogP contribution in [0.5, 0.6) is 0 Å². The second-order valence-corrected chi connectivity index (χ2v) is 9.57. The van der Waals surface area contributed by atoms with Gasteiger partial charge in [-0.2, -0.15) is 18.2 Å². The Hall–Kier alpha value is -3.16. The number of nitrogens with one attached hydrogen (secondary N) is 2. The van der Waals surface area contributed by atoms with Gasteiger partial charge in [0, 0.05) is 43.3 Å². The first-order chi connectivity index (χ1) is 15.9. The molecule has 14 heteroatoms. The Morgan fingerprint density at radius 3 is 2.37 bits per heavy atom. The molecule has 2 aromatic heterocycles. The SMILES string of the molecule is C[C@@H](N)c1ccc(Nc2ncc(C(F)(F)F)c(NCc3cccnc3N(C)S(C)(=O)=O)n2)cc1.Cl. The molecule has 0 amide bonds. The third kappa shape index (κ3) is 7.16. The molecule has 190 valence electrons. The van der Waals surface area contributed by atoms with Crippen LogP contribution >= 0.6 is 12.4 Å². The molecule has 0 saturated heterocycles. The van der Waals surface area contributed by atoms with Crippen LogP contribution in [0, 0.1) is 0 Å². The monoisotopic (exact) mass is 531 g/mol. The summed E-state index contributed by atoms with van der Waals surface area (Å²) >= 11 is 0. The Kier molecular flexibility index (Phi) is 8.87. The van der Waals surface area contributed by atoms with E-state index in [1.54, 1.807) is 36.4 Å². The standard InChI is InChI=1S/C21H24F3N7O2S.ClH/c1-13(25)14-6-8-16(9-7-14)29-20-28-12-17(21(22,23)24)18(30-20)27-11-15-5-4-10-26-19(15)31(2)34(3,32)33;/h4-10,12-13H,11,25H2,1-3H3,(H2,27,28,29,30);1H/t13-;/m1./s1. The Labute approximate surface area is 207 Å². The lowest BCUT2D eigenvalue weighted by Crippen LogP contribution is -2.27. The molecule has 1 atom stereocenters. The first-order valence-corrected chi connectivity index (χ1v) is 11.9. The molecule has 9 nitrogen and oxygen atoms in total. The number of rotatable bonds is 8. The molecule has 0 saturated carbocycles. The van der Waals surface area contributed by atoms with Gasteiger partial charge < -0.3 is 16.4 Å². The number of anilines is 4. The number of aromatic nitrogens is 3. The highest BCUT2D eigenvalue weighted by Gasteiger charge is 2.35. The van der Waals surface area contributed by atoms with Crippen LogP contribution in [-0.4, -0.2) is 36.7 Å². The van der Waals surface area contributed by atoms with Gasteiger partial charge in [0.25, 0.3) is 0 Å². The Balaban J connectivity index is 0.00000432. The number of hydrogen-bond donors (Lipinski definition) is 3. The summed E-state index contributed by atoms with van der Waals surface area (Å²) < 4.78 is 65.4. The van der Waals surface area contributed by atoms with Gasteiger partial charge in [-0.05, 0) is 30.7 Å². The third-order valence-corrected chi connectivity index (χ3v) is 6.06. The smallest absolute Gasteiger partial charge is 0.365 e. The fraction of sp³-hybridized carbons (Fsp3) is 0.286. The van der Waals surface area contributed by atoms with E-state index in [4.69, 9.17) is 5.73 Å². The van der Waals surface area contributed by atoms with Crippen LogP contribution in [0.2, 0.25) is 0 Å². The lowest BCUT2D eigenvalue weighted by molar-refractivity contribution is -0.137. The van der Waals surface area contributed by atoms with Gasteiger partial charge >= 0.3 is 6.18 Å². The van der Waals surface area contributed by atoms with E-state index in [0.29, 0.717) is 17.4 Å². The predicted molar refractivity (Wildman–Crippen MR) is 131 cm³/mol. The van der Waals surface area contributed by atoms with Crippen LogP contribution in [-0.2, 0) is 22.7 Å². The number of benzene rings is 1. The minimum absolute atomic E-state index is 0. The van der Waals surface area contributed by atoms with E-state index < -0.39 is 27.6 Å². The van der Waals surface area contributed by atoms with E-state index in [-0.39, 0.29) is 36.8 Å². The summed E-state index contributed by atoms with van der Waals surface area (Å²) in [5.41, 5.74) is 6.59. The first-order valence-electron chi connectivity index (χ1n) is 10.0. The molecule has 0 radical (unpaired) electrons. The van der Waals surface area contributed by atoms with Crippen LogP contribution in [0.25, 0.3) is 0 Å². The zero-order valence-electron chi connectivity index (χ0n) is 19.0. The molecule has 0 aliphatic rings. The fourth-order valence-electron chi connectivity index (χ4n) is 2.97. The van der Waals surface area contributed by atoms with Gasteiger partial charge in [0.1, 0.15) is 17.2 Å². The Morgan fingerprint density at radius 1 is 1.14 bits per heavy atom. The third-order valence-electron chi connectivity index (χ3n) is 4.90. The first kappa shape index (κ1) is 28.1. The van der Waals surface area contributed by atoms with Crippen LogP contribution in [0.3, 0.4) is 0 Å². The van der Waals surface area contributed by atoms with Gasteiger partial charge in [0.05, 0.1) is 6.26 Å². The van der Waals surface area contributed by atoms with Crippen molar-refractivity contribution < 1.29 is 21.6 Å². The molecule has 2 heterocycles. The average Bonchev–Trinajstić information content (AvgIpc) is 2.76. The van der Waals surface area contributed by atoms with Crippen LogP contribution in [0.4, 0.5) is 36.4 Å². The zero-order chi connectivity index (χ0) is 25.1. The maximum Gasteiger partial charge on any atom is 0.421 e. The summed E-state index contributed by atoms with van der Waals surface area (Å²) in [5.74, 6) is -0.426. The van der Waals surface area contributed by atoms with E-state index in [0.717, 1.165) is 16.1 Å². The number of nitrogens with two attached hydrogens (primary N) is 1. The van der Waals surface area contributed by atoms with Crippen LogP contribution in [0.1, 0.15) is 29.7 Å². The highest BCUT2D eigenvalue weighted by atomic mass is 35.5. The number of halogens is 4. The maximum absolute atomic E-state index is 13.6. The normalized spacial score (nSPS) is 12.4.